The highest BCUT2D eigenvalue weighted by molar-refractivity contribution is 7.14. The summed E-state index contributed by atoms with van der Waals surface area (Å²) in [5.74, 6) is -0.264. The number of hydrogen-bond acceptors (Lipinski definition) is 7. The lowest BCUT2D eigenvalue weighted by Gasteiger charge is -2.20. The number of anilines is 2. The summed E-state index contributed by atoms with van der Waals surface area (Å²) >= 11 is 1.26. The molecule has 7 nitrogen and oxygen atoms in total. The predicted octanol–water partition coefficient (Wildman–Crippen LogP) is 4.54. The summed E-state index contributed by atoms with van der Waals surface area (Å²) in [4.78, 5) is 42.3. The molecule has 0 atom stereocenters. The van der Waals surface area contributed by atoms with E-state index in [9.17, 15) is 14.4 Å². The first-order valence-corrected chi connectivity index (χ1v) is 10.5. The van der Waals surface area contributed by atoms with E-state index in [-0.39, 0.29) is 31.1 Å². The lowest BCUT2D eigenvalue weighted by atomic mass is 10.1. The third-order valence-electron chi connectivity index (χ3n) is 4.40. The minimum absolute atomic E-state index is 0.00843. The molecule has 0 saturated heterocycles. The maximum Gasteiger partial charge on any atom is 0.306 e. The van der Waals surface area contributed by atoms with Crippen LogP contribution in [-0.4, -0.2) is 29.8 Å². The highest BCUT2D eigenvalue weighted by atomic mass is 32.1. The molecule has 0 aliphatic heterocycles. The lowest BCUT2D eigenvalue weighted by Crippen LogP contribution is -2.23. The number of carbonyl (C=O) groups excluding carboxylic acids is 3. The van der Waals surface area contributed by atoms with Gasteiger partial charge >= 0.3 is 5.97 Å². The molecule has 0 N–H and O–H groups in total. The number of ketones is 1. The fourth-order valence-electron chi connectivity index (χ4n) is 2.90. The number of nitrogens with zero attached hydrogens (tertiary/aromatic N) is 2. The molecule has 1 heterocycles. The van der Waals surface area contributed by atoms with Crippen molar-refractivity contribution in [2.24, 2.45) is 0 Å². The van der Waals surface area contributed by atoms with E-state index in [2.05, 4.69) is 4.98 Å². The Labute approximate surface area is 184 Å². The van der Waals surface area contributed by atoms with Gasteiger partial charge in [-0.15, -0.1) is 11.3 Å². The molecule has 0 aliphatic carbocycles. The van der Waals surface area contributed by atoms with Gasteiger partial charge in [-0.3, -0.25) is 19.3 Å². The zero-order chi connectivity index (χ0) is 22.2. The lowest BCUT2D eigenvalue weighted by molar-refractivity contribution is -0.145. The predicted molar refractivity (Wildman–Crippen MR) is 118 cm³/mol. The Hall–Kier alpha value is -3.52. The van der Waals surface area contributed by atoms with Crippen LogP contribution in [0.2, 0.25) is 0 Å². The standard InChI is InChI=1S/C23H22N2O5S/c1-16(26)25(19-10-6-7-11-21(19)29-2)23-24-18(15-31-23)14-30-22(28)13-12-20(27)17-8-4-3-5-9-17/h3-11,15H,12-14H2,1-2H3. The van der Waals surface area contributed by atoms with E-state index in [4.69, 9.17) is 9.47 Å². The van der Waals surface area contributed by atoms with Crippen molar-refractivity contribution >= 4 is 39.8 Å². The molecule has 0 saturated carbocycles. The number of para-hydroxylation sites is 2. The Morgan fingerprint density at radius 3 is 2.42 bits per heavy atom. The molecule has 0 fully saturated rings. The number of benzene rings is 2. The highest BCUT2D eigenvalue weighted by Crippen LogP contribution is 2.35. The SMILES string of the molecule is COc1ccccc1N(C(C)=O)c1nc(COC(=O)CCC(=O)c2ccccc2)cs1. The minimum Gasteiger partial charge on any atom is -0.495 e. The molecular weight excluding hydrogens is 416 g/mol. The maximum atomic E-state index is 12.3. The van der Waals surface area contributed by atoms with Gasteiger partial charge in [-0.2, -0.15) is 0 Å². The van der Waals surface area contributed by atoms with Gasteiger partial charge in [-0.1, -0.05) is 42.5 Å². The Morgan fingerprint density at radius 2 is 1.71 bits per heavy atom. The summed E-state index contributed by atoms with van der Waals surface area (Å²) in [6, 6.07) is 16.0. The van der Waals surface area contributed by atoms with Crippen LogP contribution in [-0.2, 0) is 20.9 Å². The number of aromatic nitrogens is 1. The number of ether oxygens (including phenoxy) is 2. The van der Waals surface area contributed by atoms with Crippen LogP contribution in [0.15, 0.2) is 60.0 Å². The van der Waals surface area contributed by atoms with Crippen molar-refractivity contribution in [2.45, 2.75) is 26.4 Å². The number of thiazole rings is 1. The van der Waals surface area contributed by atoms with Crippen LogP contribution in [0.3, 0.4) is 0 Å². The topological polar surface area (TPSA) is 85.8 Å². The third kappa shape index (κ3) is 5.76. The summed E-state index contributed by atoms with van der Waals surface area (Å²) in [7, 11) is 1.53. The summed E-state index contributed by atoms with van der Waals surface area (Å²) in [6.07, 6.45) is 0.0720. The molecule has 0 radical (unpaired) electrons. The highest BCUT2D eigenvalue weighted by Gasteiger charge is 2.21. The molecule has 1 aromatic heterocycles. The normalized spacial score (nSPS) is 10.4. The van der Waals surface area contributed by atoms with Crippen molar-refractivity contribution in [3.05, 3.63) is 71.2 Å². The van der Waals surface area contributed by atoms with E-state index < -0.39 is 5.97 Å². The first-order chi connectivity index (χ1) is 15.0. The van der Waals surface area contributed by atoms with Crippen LogP contribution < -0.4 is 9.64 Å². The molecule has 0 spiro atoms. The van der Waals surface area contributed by atoms with E-state index in [1.165, 1.54) is 30.3 Å². The van der Waals surface area contributed by atoms with E-state index in [0.29, 0.717) is 27.8 Å². The van der Waals surface area contributed by atoms with Gasteiger partial charge in [0.05, 0.1) is 24.9 Å². The van der Waals surface area contributed by atoms with Crippen molar-refractivity contribution in [2.75, 3.05) is 12.0 Å². The van der Waals surface area contributed by atoms with Crippen molar-refractivity contribution in [1.82, 2.24) is 4.98 Å². The fourth-order valence-corrected chi connectivity index (χ4v) is 3.76. The Bertz CT molecular complexity index is 1060. The smallest absolute Gasteiger partial charge is 0.306 e. The van der Waals surface area contributed by atoms with Gasteiger partial charge in [0, 0.05) is 24.3 Å². The zero-order valence-electron chi connectivity index (χ0n) is 17.2. The average Bonchev–Trinajstić information content (AvgIpc) is 3.25. The van der Waals surface area contributed by atoms with Gasteiger partial charge in [0.1, 0.15) is 12.4 Å². The summed E-state index contributed by atoms with van der Waals surface area (Å²) in [5.41, 5.74) is 1.67. The quantitative estimate of drug-likeness (QED) is 0.360. The van der Waals surface area contributed by atoms with Crippen molar-refractivity contribution < 1.29 is 23.9 Å². The largest absolute Gasteiger partial charge is 0.495 e. The minimum atomic E-state index is -0.480. The molecule has 3 aromatic rings. The number of hydrogen-bond donors (Lipinski definition) is 0. The molecule has 2 aromatic carbocycles. The molecule has 0 unspecified atom stereocenters. The van der Waals surface area contributed by atoms with Gasteiger partial charge in [0.15, 0.2) is 10.9 Å². The summed E-state index contributed by atoms with van der Waals surface area (Å²) in [6.45, 7) is 1.41. The first-order valence-electron chi connectivity index (χ1n) is 9.61. The second kappa shape index (κ2) is 10.5. The Kier molecular flexibility index (Phi) is 7.50. The average molecular weight is 439 g/mol. The van der Waals surface area contributed by atoms with Crippen molar-refractivity contribution in [3.63, 3.8) is 0 Å². The van der Waals surface area contributed by atoms with Gasteiger partial charge in [-0.05, 0) is 12.1 Å². The van der Waals surface area contributed by atoms with Crippen LogP contribution in [0, 0.1) is 0 Å². The van der Waals surface area contributed by atoms with E-state index in [1.54, 1.807) is 47.8 Å². The molecule has 8 heteroatoms. The van der Waals surface area contributed by atoms with Gasteiger partial charge in [0.25, 0.3) is 0 Å². The van der Waals surface area contributed by atoms with Crippen LogP contribution in [0.5, 0.6) is 5.75 Å². The van der Waals surface area contributed by atoms with Gasteiger partial charge in [0.2, 0.25) is 5.91 Å². The Morgan fingerprint density at radius 1 is 1.00 bits per heavy atom. The number of methoxy groups -OCH3 is 1. The Balaban J connectivity index is 1.59. The number of rotatable bonds is 9. The number of carbonyl (C=O) groups is 3. The van der Waals surface area contributed by atoms with E-state index in [0.717, 1.165) is 0 Å². The van der Waals surface area contributed by atoms with Gasteiger partial charge in [-0.25, -0.2) is 4.98 Å². The maximum absolute atomic E-state index is 12.3. The molecule has 160 valence electrons. The van der Waals surface area contributed by atoms with Crippen LogP contribution in [0.4, 0.5) is 10.8 Å². The molecule has 3 rings (SSSR count). The van der Waals surface area contributed by atoms with E-state index >= 15 is 0 Å². The van der Waals surface area contributed by atoms with Crippen molar-refractivity contribution in [3.8, 4) is 5.75 Å². The van der Waals surface area contributed by atoms with Crippen LogP contribution in [0.25, 0.3) is 0 Å². The second-order valence-corrected chi connectivity index (χ2v) is 7.43. The molecule has 0 bridgehead atoms. The number of Topliss-reactive ketones (excluding diaryl/α,β-unsaturated/α-hetero) is 1. The number of amides is 1. The monoisotopic (exact) mass is 438 g/mol. The summed E-state index contributed by atoms with van der Waals surface area (Å²) in [5, 5.41) is 2.17. The van der Waals surface area contributed by atoms with Gasteiger partial charge < -0.3 is 9.47 Å². The molecular formula is C23H22N2O5S. The molecule has 31 heavy (non-hydrogen) atoms. The first kappa shape index (κ1) is 22.2. The van der Waals surface area contributed by atoms with Crippen molar-refractivity contribution in [1.29, 1.82) is 0 Å². The zero-order valence-corrected chi connectivity index (χ0v) is 18.1. The second-order valence-electron chi connectivity index (χ2n) is 6.60. The van der Waals surface area contributed by atoms with E-state index in [1.807, 2.05) is 12.1 Å². The third-order valence-corrected chi connectivity index (χ3v) is 5.28. The fraction of sp³-hybridized carbons (Fsp3) is 0.217. The van der Waals surface area contributed by atoms with Crippen LogP contribution in [0.1, 0.15) is 35.8 Å². The number of esters is 1. The molecule has 0 aliphatic rings. The summed E-state index contributed by atoms with van der Waals surface area (Å²) < 4.78 is 10.6. The van der Waals surface area contributed by atoms with Crippen LogP contribution >= 0.6 is 11.3 Å². The molecule has 1 amide bonds.